The zero-order chi connectivity index (χ0) is 14.7. The van der Waals surface area contributed by atoms with Crippen LogP contribution in [-0.4, -0.2) is 32.8 Å². The first-order chi connectivity index (χ1) is 8.75. The number of aromatic nitrogens is 2. The van der Waals surface area contributed by atoms with Crippen molar-refractivity contribution in [3.8, 4) is 0 Å². The summed E-state index contributed by atoms with van der Waals surface area (Å²) in [7, 11) is 0. The Morgan fingerprint density at radius 1 is 1.32 bits per heavy atom. The Kier molecular flexibility index (Phi) is 4.69. The largest absolute Gasteiger partial charge is 0.480 e. The Hall–Kier alpha value is -1.85. The summed E-state index contributed by atoms with van der Waals surface area (Å²) in [6.45, 7) is 9.24. The van der Waals surface area contributed by atoms with Crippen LogP contribution in [0.15, 0.2) is 6.20 Å². The number of hydrogen-bond acceptors (Lipinski definition) is 3. The van der Waals surface area contributed by atoms with E-state index in [0.717, 1.165) is 5.69 Å². The van der Waals surface area contributed by atoms with Crippen molar-refractivity contribution in [2.24, 2.45) is 5.92 Å². The molecule has 0 saturated heterocycles. The van der Waals surface area contributed by atoms with Crippen LogP contribution in [0.1, 0.15) is 49.8 Å². The van der Waals surface area contributed by atoms with Crippen LogP contribution < -0.4 is 5.32 Å². The highest BCUT2D eigenvalue weighted by atomic mass is 16.4. The maximum atomic E-state index is 12.1. The van der Waals surface area contributed by atoms with Gasteiger partial charge in [0.15, 0.2) is 0 Å². The molecule has 1 unspecified atom stereocenters. The van der Waals surface area contributed by atoms with Gasteiger partial charge in [0, 0.05) is 11.7 Å². The SMILES string of the molecule is Cc1c(C(=O)NC(C(=O)O)C(C)C)cnn1C(C)C. The Balaban J connectivity index is 2.92. The van der Waals surface area contributed by atoms with E-state index in [1.54, 1.807) is 25.5 Å². The number of nitrogens with one attached hydrogen (secondary N) is 1. The van der Waals surface area contributed by atoms with Gasteiger partial charge in [-0.15, -0.1) is 0 Å². The van der Waals surface area contributed by atoms with Crippen molar-refractivity contribution in [2.75, 3.05) is 0 Å². The molecule has 6 heteroatoms. The topological polar surface area (TPSA) is 84.2 Å². The second-order valence-electron chi connectivity index (χ2n) is 5.22. The van der Waals surface area contributed by atoms with Crippen molar-refractivity contribution in [2.45, 2.75) is 46.7 Å². The van der Waals surface area contributed by atoms with Crippen molar-refractivity contribution in [3.63, 3.8) is 0 Å². The third-order valence-corrected chi connectivity index (χ3v) is 3.00. The van der Waals surface area contributed by atoms with Gasteiger partial charge in [-0.1, -0.05) is 13.8 Å². The predicted molar refractivity (Wildman–Crippen MR) is 71.1 cm³/mol. The van der Waals surface area contributed by atoms with Crippen LogP contribution in [0.2, 0.25) is 0 Å². The molecule has 0 saturated carbocycles. The molecular weight excluding hydrogens is 246 g/mol. The number of carboxylic acid groups (broad SMARTS) is 1. The molecule has 0 aliphatic heterocycles. The van der Waals surface area contributed by atoms with Gasteiger partial charge < -0.3 is 10.4 Å². The van der Waals surface area contributed by atoms with E-state index in [1.165, 1.54) is 6.20 Å². The van der Waals surface area contributed by atoms with Gasteiger partial charge in [0.25, 0.3) is 5.91 Å². The van der Waals surface area contributed by atoms with E-state index in [2.05, 4.69) is 10.4 Å². The Morgan fingerprint density at radius 2 is 1.89 bits per heavy atom. The quantitative estimate of drug-likeness (QED) is 0.849. The molecule has 1 rings (SSSR count). The highest BCUT2D eigenvalue weighted by Gasteiger charge is 2.25. The number of rotatable bonds is 5. The molecule has 0 spiro atoms. The van der Waals surface area contributed by atoms with Crippen LogP contribution in [0.3, 0.4) is 0 Å². The first kappa shape index (κ1) is 15.2. The maximum absolute atomic E-state index is 12.1. The van der Waals surface area contributed by atoms with Crippen LogP contribution in [0.25, 0.3) is 0 Å². The van der Waals surface area contributed by atoms with Gasteiger partial charge in [-0.25, -0.2) is 4.79 Å². The number of amides is 1. The van der Waals surface area contributed by atoms with Crippen molar-refractivity contribution in [3.05, 3.63) is 17.5 Å². The standard InChI is InChI=1S/C13H21N3O3/c1-7(2)11(13(18)19)15-12(17)10-6-14-16(8(3)4)9(10)5/h6-8,11H,1-5H3,(H,15,17)(H,18,19). The normalized spacial score (nSPS) is 12.8. The number of aliphatic carboxylic acids is 1. The first-order valence-corrected chi connectivity index (χ1v) is 6.33. The summed E-state index contributed by atoms with van der Waals surface area (Å²) < 4.78 is 1.74. The van der Waals surface area contributed by atoms with Crippen molar-refractivity contribution >= 4 is 11.9 Å². The Labute approximate surface area is 112 Å². The summed E-state index contributed by atoms with van der Waals surface area (Å²) in [6, 6.07) is -0.740. The molecule has 1 aromatic rings. The summed E-state index contributed by atoms with van der Waals surface area (Å²) in [5, 5.41) is 15.7. The molecule has 2 N–H and O–H groups in total. The molecule has 0 radical (unpaired) electrons. The Morgan fingerprint density at radius 3 is 2.26 bits per heavy atom. The van der Waals surface area contributed by atoms with E-state index >= 15 is 0 Å². The van der Waals surface area contributed by atoms with E-state index < -0.39 is 17.9 Å². The number of hydrogen-bond donors (Lipinski definition) is 2. The molecule has 1 aromatic heterocycles. The molecule has 0 aliphatic rings. The lowest BCUT2D eigenvalue weighted by Crippen LogP contribution is -2.44. The van der Waals surface area contributed by atoms with Gasteiger partial charge in [-0.3, -0.25) is 9.48 Å². The van der Waals surface area contributed by atoms with Gasteiger partial charge in [-0.2, -0.15) is 5.10 Å². The van der Waals surface area contributed by atoms with Crippen LogP contribution in [-0.2, 0) is 4.79 Å². The van der Waals surface area contributed by atoms with Crippen LogP contribution >= 0.6 is 0 Å². The first-order valence-electron chi connectivity index (χ1n) is 6.33. The molecule has 0 bridgehead atoms. The van der Waals surface area contributed by atoms with Crippen molar-refractivity contribution in [1.82, 2.24) is 15.1 Å². The fraction of sp³-hybridized carbons (Fsp3) is 0.615. The number of carboxylic acids is 1. The predicted octanol–water partition coefficient (Wildman–Crippen LogP) is 1.61. The minimum absolute atomic E-state index is 0.155. The van der Waals surface area contributed by atoms with E-state index in [-0.39, 0.29) is 12.0 Å². The smallest absolute Gasteiger partial charge is 0.326 e. The molecule has 1 heterocycles. The van der Waals surface area contributed by atoms with E-state index in [0.29, 0.717) is 5.56 Å². The minimum Gasteiger partial charge on any atom is -0.480 e. The molecule has 106 valence electrons. The lowest BCUT2D eigenvalue weighted by Gasteiger charge is -2.17. The monoisotopic (exact) mass is 267 g/mol. The van der Waals surface area contributed by atoms with E-state index in [1.807, 2.05) is 13.8 Å². The fourth-order valence-electron chi connectivity index (χ4n) is 1.90. The molecule has 6 nitrogen and oxygen atoms in total. The molecule has 0 aliphatic carbocycles. The van der Waals surface area contributed by atoms with E-state index in [9.17, 15) is 9.59 Å². The van der Waals surface area contributed by atoms with Gasteiger partial charge in [0.2, 0.25) is 0 Å². The molecule has 19 heavy (non-hydrogen) atoms. The van der Waals surface area contributed by atoms with Crippen LogP contribution in [0.5, 0.6) is 0 Å². The summed E-state index contributed by atoms with van der Waals surface area (Å²) in [6.07, 6.45) is 1.48. The minimum atomic E-state index is -1.03. The van der Waals surface area contributed by atoms with Crippen molar-refractivity contribution < 1.29 is 14.7 Å². The van der Waals surface area contributed by atoms with Crippen LogP contribution in [0, 0.1) is 12.8 Å². The van der Waals surface area contributed by atoms with Crippen LogP contribution in [0.4, 0.5) is 0 Å². The van der Waals surface area contributed by atoms with Gasteiger partial charge >= 0.3 is 5.97 Å². The highest BCUT2D eigenvalue weighted by Crippen LogP contribution is 2.13. The van der Waals surface area contributed by atoms with Gasteiger partial charge in [0.1, 0.15) is 6.04 Å². The summed E-state index contributed by atoms with van der Waals surface area (Å²) in [4.78, 5) is 23.2. The third kappa shape index (κ3) is 3.33. The lowest BCUT2D eigenvalue weighted by atomic mass is 10.0. The second-order valence-corrected chi connectivity index (χ2v) is 5.22. The number of carbonyl (C=O) groups is 2. The zero-order valence-corrected chi connectivity index (χ0v) is 12.0. The lowest BCUT2D eigenvalue weighted by molar-refractivity contribution is -0.140. The van der Waals surface area contributed by atoms with Gasteiger partial charge in [0.05, 0.1) is 11.8 Å². The molecule has 1 atom stereocenters. The summed E-state index contributed by atoms with van der Waals surface area (Å²) >= 11 is 0. The number of carbonyl (C=O) groups excluding carboxylic acids is 1. The molecule has 0 aromatic carbocycles. The fourth-order valence-corrected chi connectivity index (χ4v) is 1.90. The third-order valence-electron chi connectivity index (χ3n) is 3.00. The summed E-state index contributed by atoms with van der Waals surface area (Å²) in [5.74, 6) is -1.61. The molecule has 1 amide bonds. The average Bonchev–Trinajstić information content (AvgIpc) is 2.66. The molecule has 0 fully saturated rings. The maximum Gasteiger partial charge on any atom is 0.326 e. The Bertz CT molecular complexity index is 477. The zero-order valence-electron chi connectivity index (χ0n) is 12.0. The number of nitrogens with zero attached hydrogens (tertiary/aromatic N) is 2. The molecular formula is C13H21N3O3. The van der Waals surface area contributed by atoms with Crippen molar-refractivity contribution in [1.29, 1.82) is 0 Å². The average molecular weight is 267 g/mol. The highest BCUT2D eigenvalue weighted by molar-refractivity contribution is 5.97. The summed E-state index contributed by atoms with van der Waals surface area (Å²) in [5.41, 5.74) is 1.15. The van der Waals surface area contributed by atoms with E-state index in [4.69, 9.17) is 5.11 Å². The van der Waals surface area contributed by atoms with Gasteiger partial charge in [-0.05, 0) is 26.7 Å². The second kappa shape index (κ2) is 5.86.